The van der Waals surface area contributed by atoms with Crippen molar-refractivity contribution in [3.05, 3.63) is 78.1 Å². The summed E-state index contributed by atoms with van der Waals surface area (Å²) in [5.74, 6) is 1.72. The fourth-order valence-electron chi connectivity index (χ4n) is 3.38. The first-order valence-corrected chi connectivity index (χ1v) is 10.9. The lowest BCUT2D eigenvalue weighted by Gasteiger charge is -2.17. The van der Waals surface area contributed by atoms with Crippen molar-refractivity contribution in [1.29, 1.82) is 0 Å². The van der Waals surface area contributed by atoms with Crippen LogP contribution in [0.1, 0.15) is 31.0 Å². The number of hydrogen-bond acceptors (Lipinski definition) is 7. The lowest BCUT2D eigenvalue weighted by atomic mass is 10.0. The third-order valence-corrected chi connectivity index (χ3v) is 5.11. The highest BCUT2D eigenvalue weighted by atomic mass is 16.5. The summed E-state index contributed by atoms with van der Waals surface area (Å²) in [7, 11) is 1.65. The Bertz CT molecular complexity index is 1180. The van der Waals surface area contributed by atoms with Gasteiger partial charge in [0.05, 0.1) is 18.8 Å². The maximum atomic E-state index is 5.97. The molecule has 0 radical (unpaired) electrons. The molecule has 0 spiro atoms. The van der Waals surface area contributed by atoms with Crippen molar-refractivity contribution in [2.45, 2.75) is 32.9 Å². The highest BCUT2D eigenvalue weighted by Gasteiger charge is 2.11. The average Bonchev–Trinajstić information content (AvgIpc) is 3.32. The van der Waals surface area contributed by atoms with Crippen molar-refractivity contribution in [3.8, 4) is 17.1 Å². The van der Waals surface area contributed by atoms with Crippen molar-refractivity contribution < 1.29 is 9.47 Å². The summed E-state index contributed by atoms with van der Waals surface area (Å²) in [6.07, 6.45) is 1.77. The van der Waals surface area contributed by atoms with Crippen molar-refractivity contribution in [1.82, 2.24) is 25.2 Å². The van der Waals surface area contributed by atoms with Crippen LogP contribution in [-0.4, -0.2) is 38.9 Å². The van der Waals surface area contributed by atoms with Gasteiger partial charge in [0.1, 0.15) is 12.4 Å². The predicted octanol–water partition coefficient (Wildman–Crippen LogP) is 4.83. The SMILES string of the molecule is COCCn1nnc(-c2cccc(Nc3ccc(OCc4ccccn4)cc3C(C)C)c2)n1. The molecule has 0 unspecified atom stereocenters. The van der Waals surface area contributed by atoms with E-state index in [1.165, 1.54) is 5.56 Å². The minimum absolute atomic E-state index is 0.316. The normalized spacial score (nSPS) is 11.0. The van der Waals surface area contributed by atoms with Crippen LogP contribution >= 0.6 is 0 Å². The van der Waals surface area contributed by atoms with E-state index in [1.807, 2.05) is 48.5 Å². The van der Waals surface area contributed by atoms with Crippen molar-refractivity contribution in [2.75, 3.05) is 19.0 Å². The second-order valence-electron chi connectivity index (χ2n) is 7.92. The molecule has 33 heavy (non-hydrogen) atoms. The monoisotopic (exact) mass is 444 g/mol. The van der Waals surface area contributed by atoms with Crippen molar-refractivity contribution in [3.63, 3.8) is 0 Å². The molecule has 0 amide bonds. The third kappa shape index (κ3) is 5.93. The minimum atomic E-state index is 0.316. The summed E-state index contributed by atoms with van der Waals surface area (Å²) in [5.41, 5.74) is 4.94. The van der Waals surface area contributed by atoms with E-state index >= 15 is 0 Å². The fourth-order valence-corrected chi connectivity index (χ4v) is 3.38. The Morgan fingerprint density at radius 1 is 1.03 bits per heavy atom. The van der Waals surface area contributed by atoms with Crippen LogP contribution < -0.4 is 10.1 Å². The van der Waals surface area contributed by atoms with Crippen LogP contribution in [0.2, 0.25) is 0 Å². The number of benzene rings is 2. The van der Waals surface area contributed by atoms with Crippen LogP contribution in [0.25, 0.3) is 11.4 Å². The number of nitrogens with zero attached hydrogens (tertiary/aromatic N) is 5. The quantitative estimate of drug-likeness (QED) is 0.375. The van der Waals surface area contributed by atoms with E-state index < -0.39 is 0 Å². The van der Waals surface area contributed by atoms with Gasteiger partial charge in [-0.2, -0.15) is 4.80 Å². The van der Waals surface area contributed by atoms with Gasteiger partial charge in [0.25, 0.3) is 0 Å². The molecule has 0 aliphatic rings. The molecular weight excluding hydrogens is 416 g/mol. The van der Waals surface area contributed by atoms with Gasteiger partial charge in [0.2, 0.25) is 5.82 Å². The molecule has 4 aromatic rings. The fraction of sp³-hybridized carbons (Fsp3) is 0.280. The van der Waals surface area contributed by atoms with Gasteiger partial charge in [-0.15, -0.1) is 10.2 Å². The molecule has 0 bridgehead atoms. The Balaban J connectivity index is 1.50. The van der Waals surface area contributed by atoms with Crippen LogP contribution in [0, 0.1) is 0 Å². The summed E-state index contributed by atoms with van der Waals surface area (Å²) in [4.78, 5) is 5.86. The number of rotatable bonds is 10. The van der Waals surface area contributed by atoms with E-state index in [4.69, 9.17) is 9.47 Å². The Morgan fingerprint density at radius 2 is 1.94 bits per heavy atom. The summed E-state index contributed by atoms with van der Waals surface area (Å²) in [6, 6.07) is 19.9. The van der Waals surface area contributed by atoms with Crippen LogP contribution in [0.4, 0.5) is 11.4 Å². The molecule has 0 aliphatic carbocycles. The number of methoxy groups -OCH3 is 1. The highest BCUT2D eigenvalue weighted by molar-refractivity contribution is 5.69. The van der Waals surface area contributed by atoms with Gasteiger partial charge in [0, 0.05) is 30.2 Å². The zero-order valence-electron chi connectivity index (χ0n) is 19.1. The van der Waals surface area contributed by atoms with Crippen LogP contribution in [-0.2, 0) is 17.9 Å². The largest absolute Gasteiger partial charge is 0.487 e. The number of nitrogens with one attached hydrogen (secondary N) is 1. The topological polar surface area (TPSA) is 87.0 Å². The molecule has 0 aliphatic heterocycles. The average molecular weight is 445 g/mol. The van der Waals surface area contributed by atoms with Crippen LogP contribution in [0.15, 0.2) is 66.9 Å². The second-order valence-corrected chi connectivity index (χ2v) is 7.92. The van der Waals surface area contributed by atoms with Crippen LogP contribution in [0.5, 0.6) is 5.75 Å². The van der Waals surface area contributed by atoms with Gasteiger partial charge >= 0.3 is 0 Å². The first kappa shape index (κ1) is 22.4. The van der Waals surface area contributed by atoms with Gasteiger partial charge in [-0.25, -0.2) is 0 Å². The number of anilines is 2. The zero-order valence-corrected chi connectivity index (χ0v) is 19.1. The molecule has 1 N–H and O–H groups in total. The van der Waals surface area contributed by atoms with Gasteiger partial charge in [-0.05, 0) is 59.2 Å². The summed E-state index contributed by atoms with van der Waals surface area (Å²) in [5, 5.41) is 16.2. The minimum Gasteiger partial charge on any atom is -0.487 e. The van der Waals surface area contributed by atoms with Gasteiger partial charge in [-0.3, -0.25) is 4.98 Å². The third-order valence-electron chi connectivity index (χ3n) is 5.11. The van der Waals surface area contributed by atoms with Gasteiger partial charge in [0.15, 0.2) is 0 Å². The smallest absolute Gasteiger partial charge is 0.204 e. The lowest BCUT2D eigenvalue weighted by molar-refractivity contribution is 0.178. The first-order valence-electron chi connectivity index (χ1n) is 10.9. The Labute approximate surface area is 193 Å². The second kappa shape index (κ2) is 10.7. The molecule has 0 atom stereocenters. The lowest BCUT2D eigenvalue weighted by Crippen LogP contribution is -2.07. The predicted molar refractivity (Wildman–Crippen MR) is 128 cm³/mol. The van der Waals surface area contributed by atoms with E-state index in [0.717, 1.165) is 28.4 Å². The Kier molecular flexibility index (Phi) is 7.26. The first-order chi connectivity index (χ1) is 16.1. The van der Waals surface area contributed by atoms with Gasteiger partial charge in [-0.1, -0.05) is 32.0 Å². The molecule has 8 nitrogen and oxygen atoms in total. The maximum Gasteiger partial charge on any atom is 0.204 e. The van der Waals surface area contributed by atoms with E-state index in [-0.39, 0.29) is 0 Å². The molecule has 2 aromatic heterocycles. The zero-order chi connectivity index (χ0) is 23.0. The van der Waals surface area contributed by atoms with E-state index in [2.05, 4.69) is 51.7 Å². The summed E-state index contributed by atoms with van der Waals surface area (Å²) < 4.78 is 11.0. The molecular formula is C25H28N6O2. The number of pyridine rings is 1. The number of ether oxygens (including phenoxy) is 2. The number of tetrazole rings is 1. The molecule has 0 fully saturated rings. The van der Waals surface area contributed by atoms with E-state index in [0.29, 0.717) is 31.5 Å². The maximum absolute atomic E-state index is 5.97. The molecule has 2 heterocycles. The Hall–Kier alpha value is -3.78. The molecule has 2 aromatic carbocycles. The summed E-state index contributed by atoms with van der Waals surface area (Å²) >= 11 is 0. The van der Waals surface area contributed by atoms with Crippen molar-refractivity contribution in [2.24, 2.45) is 0 Å². The molecule has 4 rings (SSSR count). The van der Waals surface area contributed by atoms with Gasteiger partial charge < -0.3 is 14.8 Å². The highest BCUT2D eigenvalue weighted by Crippen LogP contribution is 2.32. The molecule has 0 saturated carbocycles. The standard InChI is InChI=1S/C25H28N6O2/c1-18(2)23-16-22(33-17-21-8-4-5-12-26-21)10-11-24(23)27-20-9-6-7-19(15-20)25-28-30-31(29-25)13-14-32-3/h4-12,15-16,18,27H,13-14,17H2,1-3H3. The number of hydrogen-bond donors (Lipinski definition) is 1. The van der Waals surface area contributed by atoms with Crippen LogP contribution in [0.3, 0.4) is 0 Å². The summed E-state index contributed by atoms with van der Waals surface area (Å²) in [6.45, 7) is 5.87. The van der Waals surface area contributed by atoms with E-state index in [9.17, 15) is 0 Å². The van der Waals surface area contributed by atoms with E-state index in [1.54, 1.807) is 18.1 Å². The van der Waals surface area contributed by atoms with Crippen molar-refractivity contribution >= 4 is 11.4 Å². The number of aromatic nitrogens is 5. The molecule has 8 heteroatoms. The molecule has 170 valence electrons. The molecule has 0 saturated heterocycles. The Morgan fingerprint density at radius 3 is 2.73 bits per heavy atom.